The summed E-state index contributed by atoms with van der Waals surface area (Å²) in [7, 11) is 0. The van der Waals surface area contributed by atoms with E-state index in [0.29, 0.717) is 0 Å². The van der Waals surface area contributed by atoms with Gasteiger partial charge < -0.3 is 0 Å². The van der Waals surface area contributed by atoms with E-state index in [4.69, 9.17) is 0 Å². The van der Waals surface area contributed by atoms with E-state index in [1.165, 1.54) is 16.2 Å². The fraction of sp³-hybridized carbons (Fsp3) is 0.0714. The first-order valence-corrected chi connectivity index (χ1v) is 7.77. The predicted molar refractivity (Wildman–Crippen MR) is 82.6 cm³/mol. The highest BCUT2D eigenvalue weighted by molar-refractivity contribution is 7.18. The summed E-state index contributed by atoms with van der Waals surface area (Å²) in [5.41, 5.74) is 3.19. The molecular formula is C14H10N4S2. The third kappa shape index (κ3) is 1.85. The third-order valence-corrected chi connectivity index (χ3v) is 4.61. The van der Waals surface area contributed by atoms with Crippen LogP contribution in [0.5, 0.6) is 0 Å². The predicted octanol–water partition coefficient (Wildman–Crippen LogP) is 3.91. The Morgan fingerprint density at radius 3 is 3.05 bits per heavy atom. The number of benzene rings is 1. The average Bonchev–Trinajstić information content (AvgIpc) is 3.16. The Balaban J connectivity index is 1.89. The van der Waals surface area contributed by atoms with Gasteiger partial charge in [-0.15, -0.1) is 11.3 Å². The van der Waals surface area contributed by atoms with Gasteiger partial charge in [0, 0.05) is 29.0 Å². The van der Waals surface area contributed by atoms with Crippen molar-refractivity contribution in [1.82, 2.24) is 18.9 Å². The molecule has 1 aromatic carbocycles. The van der Waals surface area contributed by atoms with Crippen molar-refractivity contribution in [2.24, 2.45) is 0 Å². The Morgan fingerprint density at radius 2 is 2.20 bits per heavy atom. The zero-order chi connectivity index (χ0) is 13.5. The van der Waals surface area contributed by atoms with Gasteiger partial charge in [0.15, 0.2) is 0 Å². The lowest BCUT2D eigenvalue weighted by Crippen LogP contribution is -1.95. The van der Waals surface area contributed by atoms with Crippen molar-refractivity contribution >= 4 is 33.1 Å². The molecule has 3 aromatic heterocycles. The van der Waals surface area contributed by atoms with Gasteiger partial charge >= 0.3 is 0 Å². The minimum atomic E-state index is 0.916. The van der Waals surface area contributed by atoms with Crippen LogP contribution in [0.2, 0.25) is 0 Å². The van der Waals surface area contributed by atoms with Crippen LogP contribution >= 0.6 is 22.9 Å². The van der Waals surface area contributed by atoms with Gasteiger partial charge in [-0.2, -0.15) is 0 Å². The van der Waals surface area contributed by atoms with Crippen LogP contribution in [0.3, 0.4) is 0 Å². The van der Waals surface area contributed by atoms with Gasteiger partial charge in [0.1, 0.15) is 5.82 Å². The zero-order valence-electron chi connectivity index (χ0n) is 10.6. The van der Waals surface area contributed by atoms with Crippen molar-refractivity contribution < 1.29 is 0 Å². The van der Waals surface area contributed by atoms with Crippen LogP contribution in [0.1, 0.15) is 5.01 Å². The number of aryl methyl sites for hydroxylation is 1. The SMILES string of the molecule is Cc1nc2ccc(-n3ccnc3-c3cnsc3)cc2s1. The van der Waals surface area contributed by atoms with Gasteiger partial charge in [0.2, 0.25) is 0 Å². The van der Waals surface area contributed by atoms with E-state index >= 15 is 0 Å². The van der Waals surface area contributed by atoms with Gasteiger partial charge in [0.05, 0.1) is 21.4 Å². The van der Waals surface area contributed by atoms with Gasteiger partial charge in [-0.05, 0) is 36.7 Å². The zero-order valence-corrected chi connectivity index (χ0v) is 12.3. The van der Waals surface area contributed by atoms with E-state index < -0.39 is 0 Å². The van der Waals surface area contributed by atoms with Crippen LogP contribution < -0.4 is 0 Å². The number of hydrogen-bond donors (Lipinski definition) is 0. The van der Waals surface area contributed by atoms with Crippen LogP contribution in [0, 0.1) is 6.92 Å². The lowest BCUT2D eigenvalue weighted by molar-refractivity contribution is 1.07. The standard InChI is InChI=1S/C14H10N4S2/c1-9-17-12-3-2-11(6-13(12)20-9)18-5-4-15-14(18)10-7-16-19-8-10/h2-8H,1H3. The lowest BCUT2D eigenvalue weighted by atomic mass is 10.2. The maximum atomic E-state index is 4.49. The van der Waals surface area contributed by atoms with E-state index in [1.54, 1.807) is 11.3 Å². The van der Waals surface area contributed by atoms with Gasteiger partial charge in [-0.3, -0.25) is 4.57 Å². The van der Waals surface area contributed by atoms with E-state index in [0.717, 1.165) is 27.6 Å². The molecule has 0 aliphatic heterocycles. The Bertz CT molecular complexity index is 874. The number of nitrogens with zero attached hydrogens (tertiary/aromatic N) is 4. The molecule has 0 atom stereocenters. The summed E-state index contributed by atoms with van der Waals surface area (Å²) in [4.78, 5) is 8.93. The van der Waals surface area contributed by atoms with E-state index in [9.17, 15) is 0 Å². The molecule has 0 saturated carbocycles. The second kappa shape index (κ2) is 4.50. The van der Waals surface area contributed by atoms with Gasteiger partial charge in [-0.1, -0.05) is 0 Å². The second-order valence-electron chi connectivity index (χ2n) is 4.42. The Morgan fingerprint density at radius 1 is 1.25 bits per heavy atom. The highest BCUT2D eigenvalue weighted by atomic mass is 32.1. The molecule has 0 saturated heterocycles. The molecule has 3 heterocycles. The van der Waals surface area contributed by atoms with Crippen LogP contribution in [0.25, 0.3) is 27.3 Å². The van der Waals surface area contributed by atoms with Gasteiger partial charge in [0.25, 0.3) is 0 Å². The van der Waals surface area contributed by atoms with Crippen LogP contribution in [0.4, 0.5) is 0 Å². The topological polar surface area (TPSA) is 43.6 Å². The first-order chi connectivity index (χ1) is 9.81. The minimum absolute atomic E-state index is 0.916. The van der Waals surface area contributed by atoms with Crippen molar-refractivity contribution in [2.45, 2.75) is 6.92 Å². The molecule has 20 heavy (non-hydrogen) atoms. The monoisotopic (exact) mass is 298 g/mol. The quantitative estimate of drug-likeness (QED) is 0.563. The molecule has 0 aliphatic rings. The molecule has 0 fully saturated rings. The second-order valence-corrected chi connectivity index (χ2v) is 6.31. The molecule has 0 amide bonds. The van der Waals surface area contributed by atoms with Crippen molar-refractivity contribution in [1.29, 1.82) is 0 Å². The number of rotatable bonds is 2. The smallest absolute Gasteiger partial charge is 0.146 e. The Kier molecular flexibility index (Phi) is 2.64. The van der Waals surface area contributed by atoms with Crippen molar-refractivity contribution in [2.75, 3.05) is 0 Å². The number of thiazole rings is 1. The first kappa shape index (κ1) is 11.7. The fourth-order valence-electron chi connectivity index (χ4n) is 2.22. The van der Waals surface area contributed by atoms with Crippen molar-refractivity contribution in [3.63, 3.8) is 0 Å². The Hall–Kier alpha value is -2.05. The molecule has 0 bridgehead atoms. The summed E-state index contributed by atoms with van der Waals surface area (Å²) in [6.07, 6.45) is 5.63. The fourth-order valence-corrected chi connectivity index (χ4v) is 3.59. The highest BCUT2D eigenvalue weighted by Crippen LogP contribution is 2.27. The molecule has 0 radical (unpaired) electrons. The van der Waals surface area contributed by atoms with Gasteiger partial charge in [-0.25, -0.2) is 14.3 Å². The highest BCUT2D eigenvalue weighted by Gasteiger charge is 2.10. The number of fused-ring (bicyclic) bond motifs is 1. The minimum Gasteiger partial charge on any atom is -0.300 e. The summed E-state index contributed by atoms with van der Waals surface area (Å²) >= 11 is 3.15. The van der Waals surface area contributed by atoms with E-state index in [-0.39, 0.29) is 0 Å². The first-order valence-electron chi connectivity index (χ1n) is 6.12. The summed E-state index contributed by atoms with van der Waals surface area (Å²) in [5.74, 6) is 0.916. The van der Waals surface area contributed by atoms with Crippen molar-refractivity contribution in [3.05, 3.63) is 47.2 Å². The molecule has 0 aliphatic carbocycles. The maximum Gasteiger partial charge on any atom is 0.146 e. The van der Waals surface area contributed by atoms with Crippen molar-refractivity contribution in [3.8, 4) is 17.1 Å². The number of imidazole rings is 1. The number of aromatic nitrogens is 4. The summed E-state index contributed by atoms with van der Waals surface area (Å²) in [6.45, 7) is 2.03. The molecule has 4 nitrogen and oxygen atoms in total. The molecule has 0 N–H and O–H groups in total. The molecule has 4 aromatic rings. The molecule has 4 rings (SSSR count). The third-order valence-electron chi connectivity index (χ3n) is 3.09. The number of hydrogen-bond acceptors (Lipinski definition) is 5. The van der Waals surface area contributed by atoms with Crippen LogP contribution in [0.15, 0.2) is 42.2 Å². The molecule has 0 spiro atoms. The summed E-state index contributed by atoms with van der Waals surface area (Å²) < 4.78 is 7.43. The van der Waals surface area contributed by atoms with Crippen LogP contribution in [-0.4, -0.2) is 18.9 Å². The molecule has 6 heteroatoms. The lowest BCUT2D eigenvalue weighted by Gasteiger charge is -2.06. The van der Waals surface area contributed by atoms with E-state index in [2.05, 4.69) is 37.1 Å². The normalized spacial score (nSPS) is 11.2. The van der Waals surface area contributed by atoms with E-state index in [1.807, 2.05) is 30.9 Å². The average molecular weight is 298 g/mol. The molecule has 0 unspecified atom stereocenters. The summed E-state index contributed by atoms with van der Waals surface area (Å²) in [5, 5.41) is 3.10. The summed E-state index contributed by atoms with van der Waals surface area (Å²) in [6, 6.07) is 6.29. The Labute approximate surface area is 123 Å². The maximum absolute atomic E-state index is 4.49. The molecular weight excluding hydrogens is 288 g/mol. The molecule has 98 valence electrons. The van der Waals surface area contributed by atoms with Crippen LogP contribution in [-0.2, 0) is 0 Å². The largest absolute Gasteiger partial charge is 0.300 e.